The number of benzene rings is 1. The van der Waals surface area contributed by atoms with E-state index in [1.165, 1.54) is 56.9 Å². The summed E-state index contributed by atoms with van der Waals surface area (Å²) in [5.74, 6) is 0. The molecule has 2 fully saturated rings. The van der Waals surface area contributed by atoms with Gasteiger partial charge in [0, 0.05) is 24.7 Å². The third-order valence-corrected chi connectivity index (χ3v) is 6.10. The van der Waals surface area contributed by atoms with Crippen molar-refractivity contribution in [1.82, 2.24) is 10.2 Å². The summed E-state index contributed by atoms with van der Waals surface area (Å²) in [4.78, 5) is 2.65. The molecule has 0 aromatic heterocycles. The number of rotatable bonds is 3. The van der Waals surface area contributed by atoms with E-state index >= 15 is 0 Å². The predicted molar refractivity (Wildman–Crippen MR) is 87.5 cm³/mol. The topological polar surface area (TPSA) is 15.3 Å². The molecule has 2 aliphatic heterocycles. The van der Waals surface area contributed by atoms with Crippen LogP contribution in [0.25, 0.3) is 0 Å². The average molecular weight is 284 g/mol. The Bertz CT molecular complexity index is 496. The minimum Gasteiger partial charge on any atom is -0.310 e. The molecule has 0 radical (unpaired) electrons. The Hall–Kier alpha value is -0.860. The highest BCUT2D eigenvalue weighted by atomic mass is 15.2. The molecule has 2 heteroatoms. The highest BCUT2D eigenvalue weighted by Crippen LogP contribution is 2.32. The van der Waals surface area contributed by atoms with Crippen molar-refractivity contribution in [1.29, 1.82) is 0 Å². The molecule has 0 spiro atoms. The highest BCUT2D eigenvalue weighted by Gasteiger charge is 2.35. The van der Waals surface area contributed by atoms with E-state index in [2.05, 4.69) is 35.5 Å². The molecule has 2 unspecified atom stereocenters. The van der Waals surface area contributed by atoms with Crippen LogP contribution in [-0.2, 0) is 19.4 Å². The Balaban J connectivity index is 1.37. The lowest BCUT2D eigenvalue weighted by atomic mass is 9.82. The molecular formula is C19H28N2. The molecule has 1 N–H and O–H groups in total. The van der Waals surface area contributed by atoms with E-state index in [0.29, 0.717) is 0 Å². The van der Waals surface area contributed by atoms with E-state index in [1.54, 1.807) is 11.1 Å². The average Bonchev–Trinajstić information content (AvgIpc) is 2.93. The van der Waals surface area contributed by atoms with E-state index < -0.39 is 0 Å². The Morgan fingerprint density at radius 2 is 1.81 bits per heavy atom. The SMILES string of the molecule is CN1C2CCCC1CC(NCc1ccc3c(c1)CCC3)C2. The van der Waals surface area contributed by atoms with Crippen molar-refractivity contribution >= 4 is 0 Å². The summed E-state index contributed by atoms with van der Waals surface area (Å²) < 4.78 is 0. The lowest BCUT2D eigenvalue weighted by Gasteiger charge is -2.47. The molecule has 3 aliphatic rings. The first-order valence-corrected chi connectivity index (χ1v) is 8.85. The molecule has 1 aromatic rings. The molecule has 2 nitrogen and oxygen atoms in total. The van der Waals surface area contributed by atoms with Crippen LogP contribution in [0.15, 0.2) is 18.2 Å². The van der Waals surface area contributed by atoms with E-state index in [1.807, 2.05) is 0 Å². The summed E-state index contributed by atoms with van der Waals surface area (Å²) in [7, 11) is 2.34. The molecule has 0 amide bonds. The fourth-order valence-corrected chi connectivity index (χ4v) is 4.78. The molecule has 1 aliphatic carbocycles. The molecule has 0 saturated carbocycles. The molecule has 1 aromatic carbocycles. The van der Waals surface area contributed by atoms with Crippen molar-refractivity contribution in [3.8, 4) is 0 Å². The molecule has 4 rings (SSSR count). The molecule has 21 heavy (non-hydrogen) atoms. The summed E-state index contributed by atoms with van der Waals surface area (Å²) in [5.41, 5.74) is 4.68. The number of piperidine rings is 2. The van der Waals surface area contributed by atoms with Gasteiger partial charge < -0.3 is 10.2 Å². The summed E-state index contributed by atoms with van der Waals surface area (Å²) in [6, 6.07) is 9.54. The first kappa shape index (κ1) is 13.8. The van der Waals surface area contributed by atoms with Crippen molar-refractivity contribution in [2.45, 2.75) is 76.0 Å². The van der Waals surface area contributed by atoms with Crippen LogP contribution >= 0.6 is 0 Å². The van der Waals surface area contributed by atoms with Gasteiger partial charge in [0.15, 0.2) is 0 Å². The van der Waals surface area contributed by atoms with E-state index in [9.17, 15) is 0 Å². The molecule has 2 bridgehead atoms. The van der Waals surface area contributed by atoms with Gasteiger partial charge in [0.2, 0.25) is 0 Å². The Kier molecular flexibility index (Phi) is 3.76. The summed E-state index contributed by atoms with van der Waals surface area (Å²) in [5, 5.41) is 3.85. The number of hydrogen-bond acceptors (Lipinski definition) is 2. The standard InChI is InChI=1S/C19H28N2/c1-21-18-6-3-7-19(21)12-17(11-18)20-13-14-8-9-15-4-2-5-16(15)10-14/h8-10,17-20H,2-7,11-13H2,1H3. The van der Waals surface area contributed by atoms with Crippen LogP contribution in [0.3, 0.4) is 0 Å². The monoisotopic (exact) mass is 284 g/mol. The maximum atomic E-state index is 3.85. The number of fused-ring (bicyclic) bond motifs is 3. The fourth-order valence-electron chi connectivity index (χ4n) is 4.78. The van der Waals surface area contributed by atoms with Crippen LogP contribution in [0.1, 0.15) is 55.2 Å². The zero-order valence-electron chi connectivity index (χ0n) is 13.3. The molecule has 114 valence electrons. The molecule has 2 heterocycles. The lowest BCUT2D eigenvalue weighted by molar-refractivity contribution is 0.0482. The van der Waals surface area contributed by atoms with E-state index in [4.69, 9.17) is 0 Å². The van der Waals surface area contributed by atoms with Crippen LogP contribution in [0.2, 0.25) is 0 Å². The maximum absolute atomic E-state index is 3.85. The molecule has 2 saturated heterocycles. The second-order valence-electron chi connectivity index (χ2n) is 7.41. The quantitative estimate of drug-likeness (QED) is 0.916. The van der Waals surface area contributed by atoms with Crippen LogP contribution in [0, 0.1) is 0 Å². The Morgan fingerprint density at radius 3 is 2.62 bits per heavy atom. The van der Waals surface area contributed by atoms with Gasteiger partial charge in [-0.3, -0.25) is 0 Å². The van der Waals surface area contributed by atoms with Gasteiger partial charge >= 0.3 is 0 Å². The van der Waals surface area contributed by atoms with Gasteiger partial charge in [-0.2, -0.15) is 0 Å². The van der Waals surface area contributed by atoms with Gasteiger partial charge in [-0.15, -0.1) is 0 Å². The summed E-state index contributed by atoms with van der Waals surface area (Å²) in [6.45, 7) is 1.06. The lowest BCUT2D eigenvalue weighted by Crippen LogP contribution is -2.54. The van der Waals surface area contributed by atoms with Gasteiger partial charge in [-0.05, 0) is 68.7 Å². The Morgan fingerprint density at radius 1 is 1.05 bits per heavy atom. The number of hydrogen-bond donors (Lipinski definition) is 1. The van der Waals surface area contributed by atoms with Crippen molar-refractivity contribution in [3.63, 3.8) is 0 Å². The van der Waals surface area contributed by atoms with Crippen LogP contribution < -0.4 is 5.32 Å². The summed E-state index contributed by atoms with van der Waals surface area (Å²) in [6.07, 6.45) is 10.9. The van der Waals surface area contributed by atoms with E-state index in [-0.39, 0.29) is 0 Å². The van der Waals surface area contributed by atoms with Gasteiger partial charge in [0.05, 0.1) is 0 Å². The van der Waals surface area contributed by atoms with Crippen molar-refractivity contribution < 1.29 is 0 Å². The van der Waals surface area contributed by atoms with Gasteiger partial charge in [-0.25, -0.2) is 0 Å². The zero-order chi connectivity index (χ0) is 14.2. The van der Waals surface area contributed by atoms with Crippen molar-refractivity contribution in [2.24, 2.45) is 0 Å². The highest BCUT2D eigenvalue weighted by molar-refractivity contribution is 5.35. The van der Waals surface area contributed by atoms with Crippen LogP contribution in [0.4, 0.5) is 0 Å². The third-order valence-electron chi connectivity index (χ3n) is 6.10. The number of nitrogens with one attached hydrogen (secondary N) is 1. The first-order valence-electron chi connectivity index (χ1n) is 8.85. The van der Waals surface area contributed by atoms with Gasteiger partial charge in [-0.1, -0.05) is 24.6 Å². The Labute approximate surface area is 128 Å². The minimum absolute atomic E-state index is 0.727. The van der Waals surface area contributed by atoms with Crippen molar-refractivity contribution in [3.05, 3.63) is 34.9 Å². The number of aryl methyl sites for hydroxylation is 2. The fraction of sp³-hybridized carbons (Fsp3) is 0.684. The predicted octanol–water partition coefficient (Wildman–Crippen LogP) is 3.28. The third kappa shape index (κ3) is 2.76. The van der Waals surface area contributed by atoms with E-state index in [0.717, 1.165) is 24.7 Å². The largest absolute Gasteiger partial charge is 0.310 e. The molecular weight excluding hydrogens is 256 g/mol. The first-order chi connectivity index (χ1) is 10.3. The molecule has 2 atom stereocenters. The second kappa shape index (κ2) is 5.73. The second-order valence-corrected chi connectivity index (χ2v) is 7.41. The normalized spacial score (nSPS) is 32.1. The van der Waals surface area contributed by atoms with Gasteiger partial charge in [0.1, 0.15) is 0 Å². The van der Waals surface area contributed by atoms with Gasteiger partial charge in [0.25, 0.3) is 0 Å². The summed E-state index contributed by atoms with van der Waals surface area (Å²) >= 11 is 0. The maximum Gasteiger partial charge on any atom is 0.0208 e. The minimum atomic E-state index is 0.727. The van der Waals surface area contributed by atoms with Crippen LogP contribution in [-0.4, -0.2) is 30.1 Å². The number of nitrogens with zero attached hydrogens (tertiary/aromatic N) is 1. The zero-order valence-corrected chi connectivity index (χ0v) is 13.3. The smallest absolute Gasteiger partial charge is 0.0208 e. The van der Waals surface area contributed by atoms with Crippen LogP contribution in [0.5, 0.6) is 0 Å². The van der Waals surface area contributed by atoms with Crippen molar-refractivity contribution in [2.75, 3.05) is 7.05 Å².